The Morgan fingerprint density at radius 2 is 0.909 bits per heavy atom. The summed E-state index contributed by atoms with van der Waals surface area (Å²) >= 11 is 0. The first-order valence-corrected chi connectivity index (χ1v) is 10.4. The molecule has 20 nitrogen and oxygen atoms in total. The number of aliphatic hydroxyl groups is 1. The van der Waals surface area contributed by atoms with E-state index in [1.165, 1.54) is 24.6 Å². The third-order valence-electron chi connectivity index (χ3n) is 3.62. The summed E-state index contributed by atoms with van der Waals surface area (Å²) in [6.07, 6.45) is 2.70. The van der Waals surface area contributed by atoms with E-state index in [2.05, 4.69) is 9.98 Å². The van der Waals surface area contributed by atoms with Crippen molar-refractivity contribution in [1.82, 2.24) is 0 Å². The summed E-state index contributed by atoms with van der Waals surface area (Å²) in [7, 11) is 0. The number of hydrogen-bond acceptors (Lipinski definition) is 16. The van der Waals surface area contributed by atoms with Crippen LogP contribution in [0.2, 0.25) is 0 Å². The van der Waals surface area contributed by atoms with Crippen molar-refractivity contribution in [3.05, 3.63) is 118 Å². The van der Waals surface area contributed by atoms with Crippen LogP contribution in [0.3, 0.4) is 0 Å². The van der Waals surface area contributed by atoms with Crippen LogP contribution in [0.1, 0.15) is 18.1 Å². The molecule has 0 unspecified atom stereocenters. The zero-order valence-electron chi connectivity index (χ0n) is 22.4. The Balaban J connectivity index is -0.000000238. The SMILES string of the molecule is CCO.O=[N+]([O-])[O-].O=[N+]([O-])[O-].O=[N+]([O-])[O-].[O-]c1c(O)cccc1C=Nc1ccccc1N=Cc1cccc(O)c1[O-].[OH3+].[Sm+3].[Zn+2]. The van der Waals surface area contributed by atoms with Crippen LogP contribution in [0.4, 0.5) is 11.4 Å². The summed E-state index contributed by atoms with van der Waals surface area (Å²) in [5.74, 6) is -1.69. The molecular formula is C22H23N5O15SmZn+. The fourth-order valence-electron chi connectivity index (χ4n) is 2.25. The molecule has 3 rings (SSSR count). The molecule has 22 heteroatoms. The number of benzene rings is 3. The molecule has 6 N–H and O–H groups in total. The summed E-state index contributed by atoms with van der Waals surface area (Å²) in [5.41, 5.74) is 1.47. The Kier molecular flexibility index (Phi) is 32.3. The monoisotopic (exact) mass is 813 g/mol. The van der Waals surface area contributed by atoms with Gasteiger partial charge in [-0.05, 0) is 42.3 Å². The van der Waals surface area contributed by atoms with Crippen molar-refractivity contribution in [2.75, 3.05) is 6.61 Å². The fourth-order valence-corrected chi connectivity index (χ4v) is 2.25. The van der Waals surface area contributed by atoms with Gasteiger partial charge in [0.1, 0.15) is 11.5 Å². The first kappa shape index (κ1) is 49.4. The molecule has 0 aliphatic heterocycles. The number of phenols is 2. The molecule has 0 saturated carbocycles. The van der Waals surface area contributed by atoms with Gasteiger partial charge in [-0.3, -0.25) is 9.98 Å². The Bertz CT molecular complexity index is 1210. The molecule has 44 heavy (non-hydrogen) atoms. The average molecular weight is 813 g/mol. The standard InChI is InChI=1S/C20H16N2O4.C2H6O.3NO3.H2O.Sm.Zn/c23-17-9-3-5-13(19(17)25)11-21-15-7-1-2-8-16(15)22-12-14-6-4-10-18(24)20(14)26;1-2-3;3*2-1(3)4;;;/h1-12,23-26H;3H,2H2,1H3;;;;1H2;;/q;;3*-1;;+3;+2/p-1. The summed E-state index contributed by atoms with van der Waals surface area (Å²) in [5, 5.41) is 94.4. The largest absolute Gasteiger partial charge is 3.00 e. The number of aliphatic imine (C=N–C) groups is 2. The molecule has 0 aliphatic rings. The van der Waals surface area contributed by atoms with E-state index in [0.29, 0.717) is 11.4 Å². The quantitative estimate of drug-likeness (QED) is 0.109. The van der Waals surface area contributed by atoms with E-state index < -0.39 is 26.8 Å². The third kappa shape index (κ3) is 25.4. The van der Waals surface area contributed by atoms with Crippen LogP contribution < -0.4 is 10.2 Å². The molecule has 0 fully saturated rings. The van der Waals surface area contributed by atoms with Gasteiger partial charge < -0.3 is 77.0 Å². The summed E-state index contributed by atoms with van der Waals surface area (Å²) in [6, 6.07) is 15.8. The van der Waals surface area contributed by atoms with Gasteiger partial charge in [0.15, 0.2) is 0 Å². The second kappa shape index (κ2) is 28.8. The zero-order valence-corrected chi connectivity index (χ0v) is 28.0. The van der Waals surface area contributed by atoms with Gasteiger partial charge in [-0.1, -0.05) is 47.9 Å². The van der Waals surface area contributed by atoms with Crippen LogP contribution >= 0.6 is 0 Å². The predicted molar refractivity (Wildman–Crippen MR) is 145 cm³/mol. The molecule has 0 saturated heterocycles. The molecule has 0 spiro atoms. The number of aromatic hydroxyl groups is 2. The minimum Gasteiger partial charge on any atom is -0.870 e. The van der Waals surface area contributed by atoms with Crippen LogP contribution in [-0.2, 0) is 25.0 Å². The molecule has 0 amide bonds. The Labute approximate surface area is 292 Å². The van der Waals surface area contributed by atoms with Crippen molar-refractivity contribution in [3.63, 3.8) is 0 Å². The first-order chi connectivity index (χ1) is 19.2. The van der Waals surface area contributed by atoms with E-state index in [4.69, 9.17) is 51.1 Å². The molecule has 3 aromatic rings. The van der Waals surface area contributed by atoms with Gasteiger partial charge in [0.05, 0.1) is 26.6 Å². The zero-order chi connectivity index (χ0) is 32.0. The summed E-state index contributed by atoms with van der Waals surface area (Å²) < 4.78 is 0. The predicted octanol–water partition coefficient (Wildman–Crippen LogP) is 1.10. The molecule has 0 heterocycles. The van der Waals surface area contributed by atoms with Gasteiger partial charge in [-0.15, -0.1) is 0 Å². The van der Waals surface area contributed by atoms with E-state index in [0.717, 1.165) is 0 Å². The van der Waals surface area contributed by atoms with E-state index in [-0.39, 0.29) is 94.6 Å². The van der Waals surface area contributed by atoms with Crippen LogP contribution in [0.15, 0.2) is 70.6 Å². The summed E-state index contributed by atoms with van der Waals surface area (Å²) in [6.45, 7) is 1.93. The third-order valence-corrected chi connectivity index (χ3v) is 3.62. The molecule has 0 aliphatic carbocycles. The maximum Gasteiger partial charge on any atom is 3.00 e. The number of aliphatic hydroxyl groups excluding tert-OH is 1. The molecule has 1 radical (unpaired) electrons. The number of para-hydroxylation sites is 4. The minimum absolute atomic E-state index is 0. The van der Waals surface area contributed by atoms with Gasteiger partial charge in [0, 0.05) is 19.0 Å². The van der Waals surface area contributed by atoms with Crippen molar-refractivity contribution in [1.29, 1.82) is 0 Å². The number of nitrogens with zero attached hydrogens (tertiary/aromatic N) is 5. The number of phenolic OH excluding ortho intramolecular Hbond substituents is 2. The van der Waals surface area contributed by atoms with E-state index in [1.54, 1.807) is 55.5 Å². The second-order valence-corrected chi connectivity index (χ2v) is 6.38. The van der Waals surface area contributed by atoms with Crippen LogP contribution in [0.25, 0.3) is 0 Å². The van der Waals surface area contributed by atoms with E-state index >= 15 is 0 Å². The smallest absolute Gasteiger partial charge is 0.870 e. The van der Waals surface area contributed by atoms with Gasteiger partial charge in [-0.2, -0.15) is 0 Å². The minimum atomic E-state index is -1.75. The summed E-state index contributed by atoms with van der Waals surface area (Å²) in [4.78, 5) is 33.3. The van der Waals surface area contributed by atoms with Crippen molar-refractivity contribution in [3.8, 4) is 23.0 Å². The van der Waals surface area contributed by atoms with Crippen molar-refractivity contribution >= 4 is 23.8 Å². The number of rotatable bonds is 4. The van der Waals surface area contributed by atoms with Crippen molar-refractivity contribution in [2.24, 2.45) is 9.98 Å². The van der Waals surface area contributed by atoms with Gasteiger partial charge in [-0.25, -0.2) is 0 Å². The number of hydrogen-bond donors (Lipinski definition) is 3. The van der Waals surface area contributed by atoms with Crippen molar-refractivity contribution in [2.45, 2.75) is 6.92 Å². The Morgan fingerprint density at radius 3 is 1.16 bits per heavy atom. The average Bonchev–Trinajstić information content (AvgIpc) is 2.86. The van der Waals surface area contributed by atoms with E-state index in [1.807, 2.05) is 0 Å². The molecular weight excluding hydrogens is 790 g/mol. The van der Waals surface area contributed by atoms with Crippen LogP contribution in [-0.4, -0.2) is 49.6 Å². The van der Waals surface area contributed by atoms with Crippen molar-refractivity contribution < 1.29 is 106 Å². The van der Waals surface area contributed by atoms with Crippen LogP contribution in [0, 0.1) is 86.4 Å². The Hall–Kier alpha value is -4.32. The first-order valence-electron chi connectivity index (χ1n) is 10.4. The molecule has 233 valence electrons. The molecule has 3 aromatic carbocycles. The Morgan fingerprint density at radius 1 is 0.659 bits per heavy atom. The van der Waals surface area contributed by atoms with Gasteiger partial charge in [0.2, 0.25) is 0 Å². The molecule has 0 atom stereocenters. The van der Waals surface area contributed by atoms with Crippen LogP contribution in [0.5, 0.6) is 23.0 Å². The topological polar surface area (TPSA) is 363 Å². The normalized spacial score (nSPS) is 8.77. The second-order valence-electron chi connectivity index (χ2n) is 6.38. The maximum atomic E-state index is 11.8. The maximum absolute atomic E-state index is 11.8. The molecule has 0 aromatic heterocycles. The fraction of sp³-hybridized carbons (Fsp3) is 0.0909. The van der Waals surface area contributed by atoms with E-state index in [9.17, 15) is 20.4 Å². The van der Waals surface area contributed by atoms with Gasteiger partial charge in [0.25, 0.3) is 0 Å². The molecule has 0 bridgehead atoms. The van der Waals surface area contributed by atoms with Gasteiger partial charge >= 0.3 is 59.9 Å².